The lowest BCUT2D eigenvalue weighted by atomic mass is 10.1. The third kappa shape index (κ3) is 5.89. The number of carbonyl (C=O) groups is 1. The third-order valence-electron chi connectivity index (χ3n) is 5.29. The number of rotatable bonds is 10. The van der Waals surface area contributed by atoms with Crippen LogP contribution in [0.1, 0.15) is 17.8 Å². The molecule has 0 unspecified atom stereocenters. The Morgan fingerprint density at radius 2 is 1.69 bits per heavy atom. The summed E-state index contributed by atoms with van der Waals surface area (Å²) in [4.78, 5) is 17.0. The first-order valence-electron chi connectivity index (χ1n) is 10.8. The van der Waals surface area contributed by atoms with E-state index < -0.39 is 0 Å². The van der Waals surface area contributed by atoms with Gasteiger partial charge in [0.2, 0.25) is 5.91 Å². The van der Waals surface area contributed by atoms with Gasteiger partial charge in [-0.05, 0) is 48.4 Å². The topological polar surface area (TPSA) is 56.2 Å². The zero-order chi connectivity index (χ0) is 22.2. The summed E-state index contributed by atoms with van der Waals surface area (Å²) in [7, 11) is 0. The molecule has 164 valence electrons. The Labute approximate surface area is 193 Å². The van der Waals surface area contributed by atoms with E-state index in [2.05, 4.69) is 16.0 Å². The van der Waals surface area contributed by atoms with Crippen molar-refractivity contribution in [3.05, 3.63) is 95.3 Å². The minimum Gasteiger partial charge on any atom is -0.492 e. The number of hydrogen-bond acceptors (Lipinski definition) is 3. The number of carbonyl (C=O) groups excluding carboxylic acids is 1. The van der Waals surface area contributed by atoms with Gasteiger partial charge in [-0.25, -0.2) is 4.98 Å². The highest BCUT2D eigenvalue weighted by atomic mass is 35.5. The summed E-state index contributed by atoms with van der Waals surface area (Å²) in [5.41, 5.74) is 3.19. The quantitative estimate of drug-likeness (QED) is 0.369. The van der Waals surface area contributed by atoms with E-state index in [-0.39, 0.29) is 5.91 Å². The molecular formula is C26H26ClN3O2. The summed E-state index contributed by atoms with van der Waals surface area (Å²) < 4.78 is 8.05. The summed E-state index contributed by atoms with van der Waals surface area (Å²) in [6.45, 7) is 1.73. The fraction of sp³-hybridized carbons (Fsp3) is 0.231. The molecule has 0 aliphatic heterocycles. The van der Waals surface area contributed by atoms with Crippen LogP contribution in [0.3, 0.4) is 0 Å². The first kappa shape index (κ1) is 21.9. The summed E-state index contributed by atoms with van der Waals surface area (Å²) in [6.07, 6.45) is 1.88. The van der Waals surface area contributed by atoms with Crippen molar-refractivity contribution in [2.75, 3.05) is 13.2 Å². The highest BCUT2D eigenvalue weighted by molar-refractivity contribution is 6.30. The van der Waals surface area contributed by atoms with Crippen LogP contribution in [-0.2, 0) is 24.2 Å². The average molecular weight is 448 g/mol. The molecule has 0 radical (unpaired) electrons. The number of ether oxygens (including phenoxy) is 1. The van der Waals surface area contributed by atoms with Gasteiger partial charge in [0.25, 0.3) is 0 Å². The van der Waals surface area contributed by atoms with Crippen LogP contribution in [0.4, 0.5) is 0 Å². The second-order valence-electron chi connectivity index (χ2n) is 7.56. The van der Waals surface area contributed by atoms with E-state index in [1.165, 1.54) is 5.56 Å². The number of imidazole rings is 1. The fourth-order valence-corrected chi connectivity index (χ4v) is 3.78. The minimum absolute atomic E-state index is 0.0579. The number of halogens is 1. The average Bonchev–Trinajstić information content (AvgIpc) is 3.17. The zero-order valence-corrected chi connectivity index (χ0v) is 18.6. The molecule has 0 saturated carbocycles. The van der Waals surface area contributed by atoms with Crippen molar-refractivity contribution >= 4 is 28.5 Å². The molecular weight excluding hydrogens is 422 g/mol. The standard InChI is InChI=1S/C26H26ClN3O2/c27-21-11-13-22(14-12-21)32-19-18-30-24-9-5-4-8-23(24)29-25(30)16-17-28-26(31)15-10-20-6-2-1-3-7-20/h1-9,11-14H,10,15-19H2,(H,28,31). The molecule has 3 aromatic carbocycles. The number of aryl methyl sites for hydroxylation is 1. The summed E-state index contributed by atoms with van der Waals surface area (Å²) in [5.74, 6) is 1.78. The van der Waals surface area contributed by atoms with Gasteiger partial charge in [0.05, 0.1) is 17.6 Å². The van der Waals surface area contributed by atoms with Crippen molar-refractivity contribution < 1.29 is 9.53 Å². The second-order valence-corrected chi connectivity index (χ2v) is 7.99. The SMILES string of the molecule is O=C(CCc1ccccc1)NCCc1nc2ccccc2n1CCOc1ccc(Cl)cc1. The van der Waals surface area contributed by atoms with Gasteiger partial charge in [-0.2, -0.15) is 0 Å². The smallest absolute Gasteiger partial charge is 0.220 e. The van der Waals surface area contributed by atoms with Crippen molar-refractivity contribution in [1.29, 1.82) is 0 Å². The maximum absolute atomic E-state index is 12.2. The maximum atomic E-state index is 12.2. The van der Waals surface area contributed by atoms with Crippen molar-refractivity contribution in [2.45, 2.75) is 25.8 Å². The number of hydrogen-bond donors (Lipinski definition) is 1. The molecule has 0 atom stereocenters. The molecule has 32 heavy (non-hydrogen) atoms. The Morgan fingerprint density at radius 3 is 2.50 bits per heavy atom. The van der Waals surface area contributed by atoms with Gasteiger partial charge in [0.1, 0.15) is 18.2 Å². The van der Waals surface area contributed by atoms with Gasteiger partial charge in [0, 0.05) is 24.4 Å². The summed E-state index contributed by atoms with van der Waals surface area (Å²) >= 11 is 5.94. The largest absolute Gasteiger partial charge is 0.492 e. The Hall–Kier alpha value is -3.31. The molecule has 0 aliphatic carbocycles. The van der Waals surface area contributed by atoms with E-state index in [0.29, 0.717) is 37.6 Å². The number of fused-ring (bicyclic) bond motifs is 1. The van der Waals surface area contributed by atoms with E-state index in [0.717, 1.165) is 29.0 Å². The van der Waals surface area contributed by atoms with Gasteiger partial charge >= 0.3 is 0 Å². The van der Waals surface area contributed by atoms with Crippen LogP contribution in [0.25, 0.3) is 11.0 Å². The number of amides is 1. The highest BCUT2D eigenvalue weighted by Crippen LogP contribution is 2.18. The number of benzene rings is 3. The molecule has 0 fully saturated rings. The zero-order valence-electron chi connectivity index (χ0n) is 17.8. The first-order chi connectivity index (χ1) is 15.7. The van der Waals surface area contributed by atoms with Crippen molar-refractivity contribution in [2.24, 2.45) is 0 Å². The lowest BCUT2D eigenvalue weighted by Gasteiger charge is -2.11. The van der Waals surface area contributed by atoms with Crippen LogP contribution in [0.2, 0.25) is 5.02 Å². The molecule has 1 N–H and O–H groups in total. The van der Waals surface area contributed by atoms with Crippen LogP contribution in [0.15, 0.2) is 78.9 Å². The number of para-hydroxylation sites is 2. The molecule has 4 rings (SSSR count). The molecule has 0 aliphatic rings. The molecule has 6 heteroatoms. The lowest BCUT2D eigenvalue weighted by molar-refractivity contribution is -0.121. The first-order valence-corrected chi connectivity index (χ1v) is 11.2. The van der Waals surface area contributed by atoms with Gasteiger partial charge in [-0.1, -0.05) is 54.1 Å². The molecule has 1 aromatic heterocycles. The maximum Gasteiger partial charge on any atom is 0.220 e. The van der Waals surface area contributed by atoms with Gasteiger partial charge in [-0.15, -0.1) is 0 Å². The van der Waals surface area contributed by atoms with Crippen LogP contribution < -0.4 is 10.1 Å². The van der Waals surface area contributed by atoms with Gasteiger partial charge < -0.3 is 14.6 Å². The van der Waals surface area contributed by atoms with Crippen LogP contribution in [0, 0.1) is 0 Å². The predicted octanol–water partition coefficient (Wildman–Crippen LogP) is 5.06. The molecule has 5 nitrogen and oxygen atoms in total. The van der Waals surface area contributed by atoms with E-state index in [1.54, 1.807) is 0 Å². The number of nitrogens with zero attached hydrogens (tertiary/aromatic N) is 2. The van der Waals surface area contributed by atoms with Gasteiger partial charge in [0.15, 0.2) is 0 Å². The second kappa shape index (κ2) is 10.8. The molecule has 1 heterocycles. The van der Waals surface area contributed by atoms with E-state index in [4.69, 9.17) is 21.3 Å². The van der Waals surface area contributed by atoms with Crippen LogP contribution in [0.5, 0.6) is 5.75 Å². The number of aromatic nitrogens is 2. The van der Waals surface area contributed by atoms with Crippen LogP contribution >= 0.6 is 11.6 Å². The van der Waals surface area contributed by atoms with E-state index in [1.807, 2.05) is 72.8 Å². The molecule has 4 aromatic rings. The monoisotopic (exact) mass is 447 g/mol. The fourth-order valence-electron chi connectivity index (χ4n) is 3.66. The normalized spacial score (nSPS) is 10.9. The van der Waals surface area contributed by atoms with Gasteiger partial charge in [-0.3, -0.25) is 4.79 Å². The predicted molar refractivity (Wildman–Crippen MR) is 128 cm³/mol. The molecule has 0 saturated heterocycles. The molecule has 0 bridgehead atoms. The lowest BCUT2D eigenvalue weighted by Crippen LogP contribution is -2.27. The van der Waals surface area contributed by atoms with Crippen molar-refractivity contribution in [3.8, 4) is 5.75 Å². The summed E-state index contributed by atoms with van der Waals surface area (Å²) in [6, 6.07) is 25.5. The van der Waals surface area contributed by atoms with E-state index in [9.17, 15) is 4.79 Å². The highest BCUT2D eigenvalue weighted by Gasteiger charge is 2.11. The number of nitrogens with one attached hydrogen (secondary N) is 1. The summed E-state index contributed by atoms with van der Waals surface area (Å²) in [5, 5.41) is 3.71. The van der Waals surface area contributed by atoms with Crippen molar-refractivity contribution in [3.63, 3.8) is 0 Å². The Bertz CT molecular complexity index is 1160. The molecule has 1 amide bonds. The molecule has 0 spiro atoms. The Kier molecular flexibility index (Phi) is 7.41. The Morgan fingerprint density at radius 1 is 0.938 bits per heavy atom. The van der Waals surface area contributed by atoms with Crippen LogP contribution in [-0.4, -0.2) is 28.6 Å². The minimum atomic E-state index is 0.0579. The third-order valence-corrected chi connectivity index (χ3v) is 5.54. The van der Waals surface area contributed by atoms with Crippen molar-refractivity contribution in [1.82, 2.24) is 14.9 Å². The Balaban J connectivity index is 1.33. The van der Waals surface area contributed by atoms with E-state index >= 15 is 0 Å².